The zero-order valence-electron chi connectivity index (χ0n) is 14.2. The van der Waals surface area contributed by atoms with E-state index >= 15 is 0 Å². The van der Waals surface area contributed by atoms with Crippen LogP contribution < -0.4 is 5.73 Å². The number of nitrogens with two attached hydrogens (primary N) is 1. The van der Waals surface area contributed by atoms with E-state index in [1.54, 1.807) is 23.9 Å². The number of aromatic amines is 1. The van der Waals surface area contributed by atoms with Crippen LogP contribution in [0.1, 0.15) is 12.8 Å². The summed E-state index contributed by atoms with van der Waals surface area (Å²) in [6.07, 6.45) is 5.93. The van der Waals surface area contributed by atoms with Crippen LogP contribution >= 0.6 is 23.5 Å². The molecule has 7 heteroatoms. The number of carbonyl (C=O) groups excluding carboxylic acids is 1. The quantitative estimate of drug-likeness (QED) is 0.390. The maximum atomic E-state index is 11.3. The topological polar surface area (TPSA) is 82.3 Å². The third kappa shape index (κ3) is 8.38. The molecule has 2 rings (SSSR count). The van der Waals surface area contributed by atoms with Gasteiger partial charge in [0.05, 0.1) is 6.54 Å². The minimum absolute atomic E-state index is 0.274. The van der Waals surface area contributed by atoms with Gasteiger partial charge < -0.3 is 15.8 Å². The van der Waals surface area contributed by atoms with Gasteiger partial charge in [-0.25, -0.2) is 0 Å². The first-order valence-electron chi connectivity index (χ1n) is 8.31. The van der Waals surface area contributed by atoms with Crippen molar-refractivity contribution in [3.05, 3.63) is 42.7 Å². The van der Waals surface area contributed by atoms with Gasteiger partial charge in [-0.05, 0) is 67.8 Å². The Balaban J connectivity index is 1.64. The molecule has 0 atom stereocenters. The maximum Gasteiger partial charge on any atom is 0.231 e. The van der Waals surface area contributed by atoms with Crippen LogP contribution in [0.5, 0.6) is 5.75 Å². The van der Waals surface area contributed by atoms with E-state index in [1.807, 2.05) is 36.3 Å². The Morgan fingerprint density at radius 2 is 1.68 bits per heavy atom. The molecule has 25 heavy (non-hydrogen) atoms. The van der Waals surface area contributed by atoms with Crippen molar-refractivity contribution in [2.24, 2.45) is 5.73 Å². The molecule has 0 saturated heterocycles. The van der Waals surface area contributed by atoms with E-state index in [-0.39, 0.29) is 11.7 Å². The number of hydrogen-bond donors (Lipinski definition) is 3. The van der Waals surface area contributed by atoms with Gasteiger partial charge in [0.25, 0.3) is 0 Å². The van der Waals surface area contributed by atoms with Crippen LogP contribution in [-0.2, 0) is 4.79 Å². The number of primary amides is 1. The van der Waals surface area contributed by atoms with E-state index in [2.05, 4.69) is 16.0 Å². The molecule has 1 amide bonds. The number of carbonyl (C=O) groups is 1. The molecule has 0 radical (unpaired) electrons. The molecule has 5 nitrogen and oxygen atoms in total. The van der Waals surface area contributed by atoms with Crippen molar-refractivity contribution in [3.8, 4) is 5.75 Å². The van der Waals surface area contributed by atoms with Gasteiger partial charge in [0, 0.05) is 22.2 Å². The Bertz CT molecular complexity index is 618. The van der Waals surface area contributed by atoms with Crippen molar-refractivity contribution >= 4 is 29.4 Å². The van der Waals surface area contributed by atoms with E-state index in [4.69, 9.17) is 5.73 Å². The Hall–Kier alpha value is -1.57. The fraction of sp³-hybridized carbons (Fsp3) is 0.389. The van der Waals surface area contributed by atoms with Gasteiger partial charge in [0.15, 0.2) is 0 Å². The lowest BCUT2D eigenvalue weighted by Gasteiger charge is -2.20. The predicted octanol–water partition coefficient (Wildman–Crippen LogP) is 3.17. The van der Waals surface area contributed by atoms with E-state index in [9.17, 15) is 9.90 Å². The van der Waals surface area contributed by atoms with Gasteiger partial charge in [0.2, 0.25) is 5.91 Å². The van der Waals surface area contributed by atoms with Gasteiger partial charge in [-0.15, -0.1) is 23.5 Å². The largest absolute Gasteiger partial charge is 0.508 e. The third-order valence-electron chi connectivity index (χ3n) is 3.56. The Morgan fingerprint density at radius 3 is 2.24 bits per heavy atom. The molecule has 0 fully saturated rings. The van der Waals surface area contributed by atoms with Crippen LogP contribution in [0.3, 0.4) is 0 Å². The molecule has 1 heterocycles. The van der Waals surface area contributed by atoms with Crippen LogP contribution in [0.2, 0.25) is 0 Å². The lowest BCUT2D eigenvalue weighted by molar-refractivity contribution is -0.119. The number of rotatable bonds is 12. The highest BCUT2D eigenvalue weighted by Gasteiger charge is 2.08. The van der Waals surface area contributed by atoms with Crippen molar-refractivity contribution in [1.82, 2.24) is 9.88 Å². The molecular weight excluding hydrogens is 354 g/mol. The van der Waals surface area contributed by atoms with Gasteiger partial charge in [-0.1, -0.05) is 0 Å². The molecule has 4 N–H and O–H groups in total. The summed E-state index contributed by atoms with van der Waals surface area (Å²) in [5.74, 6) is 2.01. The molecular formula is C18H25N3O2S2. The number of amides is 1. The SMILES string of the molecule is NC(=O)CN(CCCSc1ccc(O)cc1)CCCSc1cc[nH]c1. The number of hydrogen-bond acceptors (Lipinski definition) is 5. The third-order valence-corrected chi connectivity index (χ3v) is 5.74. The normalized spacial score (nSPS) is 11.1. The fourth-order valence-corrected chi connectivity index (χ4v) is 4.05. The Labute approximate surface area is 157 Å². The van der Waals surface area contributed by atoms with Crippen molar-refractivity contribution in [2.75, 3.05) is 31.1 Å². The van der Waals surface area contributed by atoms with Gasteiger partial charge >= 0.3 is 0 Å². The average molecular weight is 380 g/mol. The number of nitrogens with zero attached hydrogens (tertiary/aromatic N) is 1. The summed E-state index contributed by atoms with van der Waals surface area (Å²) < 4.78 is 0. The maximum absolute atomic E-state index is 11.3. The van der Waals surface area contributed by atoms with Crippen molar-refractivity contribution in [1.29, 1.82) is 0 Å². The van der Waals surface area contributed by atoms with Crippen molar-refractivity contribution < 1.29 is 9.90 Å². The summed E-state index contributed by atoms with van der Waals surface area (Å²) in [4.78, 5) is 18.8. The molecule has 0 saturated carbocycles. The van der Waals surface area contributed by atoms with Crippen LogP contribution in [0.4, 0.5) is 0 Å². The van der Waals surface area contributed by atoms with Gasteiger partial charge in [-0.3, -0.25) is 9.69 Å². The second-order valence-corrected chi connectivity index (χ2v) is 8.02. The highest BCUT2D eigenvalue weighted by Crippen LogP contribution is 2.21. The highest BCUT2D eigenvalue weighted by atomic mass is 32.2. The number of benzene rings is 1. The Morgan fingerprint density at radius 1 is 1.04 bits per heavy atom. The average Bonchev–Trinajstić information content (AvgIpc) is 3.10. The monoisotopic (exact) mass is 379 g/mol. The predicted molar refractivity (Wildman–Crippen MR) is 105 cm³/mol. The molecule has 2 aromatic rings. The highest BCUT2D eigenvalue weighted by molar-refractivity contribution is 7.99. The molecule has 1 aromatic heterocycles. The molecule has 0 unspecified atom stereocenters. The lowest BCUT2D eigenvalue weighted by Crippen LogP contribution is -2.35. The number of phenolic OH excluding ortho intramolecular Hbond substituents is 1. The van der Waals surface area contributed by atoms with Crippen molar-refractivity contribution in [2.45, 2.75) is 22.6 Å². The van der Waals surface area contributed by atoms with Crippen LogP contribution in [0, 0.1) is 0 Å². The fourth-order valence-electron chi connectivity index (χ4n) is 2.39. The van der Waals surface area contributed by atoms with E-state index in [1.165, 1.54) is 4.90 Å². The zero-order chi connectivity index (χ0) is 17.9. The number of aromatic hydroxyl groups is 1. The molecule has 0 aliphatic heterocycles. The first kappa shape index (κ1) is 19.8. The zero-order valence-corrected chi connectivity index (χ0v) is 15.8. The Kier molecular flexibility index (Phi) is 8.79. The second-order valence-electron chi connectivity index (χ2n) is 5.69. The summed E-state index contributed by atoms with van der Waals surface area (Å²) in [6.45, 7) is 2.06. The summed E-state index contributed by atoms with van der Waals surface area (Å²) in [5, 5.41) is 9.28. The smallest absolute Gasteiger partial charge is 0.231 e. The number of thioether (sulfide) groups is 2. The first-order chi connectivity index (χ1) is 12.1. The van der Waals surface area contributed by atoms with Gasteiger partial charge in [0.1, 0.15) is 5.75 Å². The minimum Gasteiger partial charge on any atom is -0.508 e. The van der Waals surface area contributed by atoms with Crippen LogP contribution in [-0.4, -0.2) is 52.0 Å². The van der Waals surface area contributed by atoms with E-state index < -0.39 is 0 Å². The van der Waals surface area contributed by atoms with Crippen molar-refractivity contribution in [3.63, 3.8) is 0 Å². The number of aromatic nitrogens is 1. The summed E-state index contributed by atoms with van der Waals surface area (Å²) in [6, 6.07) is 9.29. The molecule has 0 aliphatic rings. The molecule has 136 valence electrons. The lowest BCUT2D eigenvalue weighted by atomic mass is 10.3. The van der Waals surface area contributed by atoms with Crippen LogP contribution in [0.15, 0.2) is 52.5 Å². The molecule has 1 aromatic carbocycles. The molecule has 0 aliphatic carbocycles. The van der Waals surface area contributed by atoms with E-state index in [0.717, 1.165) is 42.3 Å². The molecule has 0 spiro atoms. The van der Waals surface area contributed by atoms with E-state index in [0.29, 0.717) is 6.54 Å². The van der Waals surface area contributed by atoms with Gasteiger partial charge in [-0.2, -0.15) is 0 Å². The second kappa shape index (κ2) is 11.1. The summed E-state index contributed by atoms with van der Waals surface area (Å²) in [7, 11) is 0. The standard InChI is InChI=1S/C18H25N3O2S2/c19-18(23)14-21(10-2-12-25-17-7-8-20-13-17)9-1-11-24-16-5-3-15(22)4-6-16/h3-8,13,20,22H,1-2,9-12,14H2,(H2,19,23). The van der Waals surface area contributed by atoms with Crippen LogP contribution in [0.25, 0.3) is 0 Å². The number of phenols is 1. The molecule has 0 bridgehead atoms. The first-order valence-corrected chi connectivity index (χ1v) is 10.3. The summed E-state index contributed by atoms with van der Waals surface area (Å²) >= 11 is 3.57. The number of H-pyrrole nitrogens is 1. The minimum atomic E-state index is -0.274. The summed E-state index contributed by atoms with van der Waals surface area (Å²) in [5.41, 5.74) is 5.37. The number of nitrogens with one attached hydrogen (secondary N) is 1.